The Morgan fingerprint density at radius 3 is 0.683 bits per heavy atom. The van der Waals surface area contributed by atoms with Crippen LogP contribution in [0.3, 0.4) is 0 Å². The van der Waals surface area contributed by atoms with Crippen LogP contribution in [0.1, 0.15) is 116 Å². The first-order valence-corrected chi connectivity index (χ1v) is 20.7. The Morgan fingerprint density at radius 1 is 0.283 bits per heavy atom. The van der Waals surface area contributed by atoms with Crippen LogP contribution in [-0.4, -0.2) is 9.97 Å². The number of rotatable bonds is 4. The van der Waals surface area contributed by atoms with Gasteiger partial charge in [0.2, 0.25) is 0 Å². The molecule has 0 aliphatic carbocycles. The third-order valence-electron chi connectivity index (χ3n) is 10.8. The Balaban J connectivity index is 1.37. The van der Waals surface area contributed by atoms with E-state index < -0.39 is 0 Å². The summed E-state index contributed by atoms with van der Waals surface area (Å²) in [6.45, 7) is 26.7. The summed E-state index contributed by atoms with van der Waals surface area (Å²) < 4.78 is 0. The van der Waals surface area contributed by atoms with Crippen LogP contribution in [0.25, 0.3) is 44.5 Å². The van der Waals surface area contributed by atoms with Gasteiger partial charge in [0.1, 0.15) is 0 Å². The summed E-state index contributed by atoms with van der Waals surface area (Å²) in [5.74, 6) is 24.8. The molecule has 2 nitrogen and oxygen atoms in total. The van der Waals surface area contributed by atoms with Crippen molar-refractivity contribution in [1.82, 2.24) is 9.97 Å². The van der Waals surface area contributed by atoms with Crippen LogP contribution in [0, 0.1) is 47.4 Å². The fourth-order valence-corrected chi connectivity index (χ4v) is 6.98. The number of aromatic nitrogens is 2. The highest BCUT2D eigenvalue weighted by atomic mass is 14.6. The number of pyridine rings is 2. The van der Waals surface area contributed by atoms with E-state index in [-0.39, 0.29) is 21.7 Å². The standard InChI is InChI=1S/C58H56N2/c1-55(2,3)45-29-21-41(22-30-45)51-37-59-38-52(42-23-31-46(32-24-42)56(4,5)6)49(51)19-17-15-13-14-16-18-20-50-53(43-25-33-47(34-26-43)57(7,8)9)39-60-40-54(50)44-27-35-48(36-28-44)58(10,11)12/h21-40H,1-12H3. The summed E-state index contributed by atoms with van der Waals surface area (Å²) in [5.41, 5.74) is 15.1. The Hall–Kier alpha value is -6.58. The van der Waals surface area contributed by atoms with E-state index >= 15 is 0 Å². The molecule has 4 aromatic carbocycles. The number of hydrogen-bond acceptors (Lipinski definition) is 2. The first-order valence-electron chi connectivity index (χ1n) is 20.7. The van der Waals surface area contributed by atoms with E-state index in [9.17, 15) is 0 Å². The molecule has 2 heteroatoms. The second kappa shape index (κ2) is 17.3. The van der Waals surface area contributed by atoms with Crippen LogP contribution in [-0.2, 0) is 21.7 Å². The monoisotopic (exact) mass is 780 g/mol. The third-order valence-corrected chi connectivity index (χ3v) is 10.8. The molecule has 60 heavy (non-hydrogen) atoms. The van der Waals surface area contributed by atoms with Crippen molar-refractivity contribution in [3.8, 4) is 91.9 Å². The SMILES string of the molecule is CC(C)(C)c1ccc(-c2cncc(-c3ccc(C(C)(C)C)cc3)c2C#CC#CC#CC#Cc2c(-c3ccc(C(C)(C)C)cc3)cncc2-c2ccc(C(C)(C)C)cc2)cc1. The van der Waals surface area contributed by atoms with Gasteiger partial charge in [0.05, 0.1) is 0 Å². The van der Waals surface area contributed by atoms with Gasteiger partial charge in [-0.25, -0.2) is 0 Å². The lowest BCUT2D eigenvalue weighted by atomic mass is 9.85. The minimum atomic E-state index is 0.0523. The zero-order chi connectivity index (χ0) is 43.3. The molecule has 298 valence electrons. The predicted molar refractivity (Wildman–Crippen MR) is 254 cm³/mol. The molecule has 0 N–H and O–H groups in total. The second-order valence-corrected chi connectivity index (χ2v) is 19.5. The zero-order valence-corrected chi connectivity index (χ0v) is 37.4. The van der Waals surface area contributed by atoms with Gasteiger partial charge in [0.25, 0.3) is 0 Å². The van der Waals surface area contributed by atoms with Crippen molar-refractivity contribution in [2.24, 2.45) is 0 Å². The largest absolute Gasteiger partial charge is 0.263 e. The molecule has 6 rings (SSSR count). The fourth-order valence-electron chi connectivity index (χ4n) is 6.98. The van der Waals surface area contributed by atoms with E-state index in [2.05, 4.69) is 237 Å². The van der Waals surface area contributed by atoms with Crippen LogP contribution in [0.2, 0.25) is 0 Å². The molecule has 2 heterocycles. The fraction of sp³-hybridized carbons (Fsp3) is 0.276. The summed E-state index contributed by atoms with van der Waals surface area (Å²) in [7, 11) is 0. The van der Waals surface area contributed by atoms with Crippen molar-refractivity contribution in [2.45, 2.75) is 105 Å². The first kappa shape index (κ1) is 43.0. The molecular formula is C58H56N2. The predicted octanol–water partition coefficient (Wildman–Crippen LogP) is 13.7. The Labute approximate surface area is 360 Å². The van der Waals surface area contributed by atoms with Gasteiger partial charge in [-0.15, -0.1) is 0 Å². The highest BCUT2D eigenvalue weighted by Gasteiger charge is 2.19. The molecule has 0 aliphatic heterocycles. The van der Waals surface area contributed by atoms with Crippen molar-refractivity contribution >= 4 is 0 Å². The average molecular weight is 781 g/mol. The summed E-state index contributed by atoms with van der Waals surface area (Å²) >= 11 is 0. The molecule has 6 aromatic rings. The normalized spacial score (nSPS) is 11.5. The maximum absolute atomic E-state index is 4.68. The molecule has 0 radical (unpaired) electrons. The van der Waals surface area contributed by atoms with Gasteiger partial charge >= 0.3 is 0 Å². The zero-order valence-electron chi connectivity index (χ0n) is 37.4. The van der Waals surface area contributed by atoms with Crippen LogP contribution in [0.5, 0.6) is 0 Å². The van der Waals surface area contributed by atoms with E-state index in [4.69, 9.17) is 0 Å². The van der Waals surface area contributed by atoms with Crippen LogP contribution in [0.15, 0.2) is 122 Å². The van der Waals surface area contributed by atoms with Crippen LogP contribution < -0.4 is 0 Å². The summed E-state index contributed by atoms with van der Waals surface area (Å²) in [5, 5.41) is 0. The summed E-state index contributed by atoms with van der Waals surface area (Å²) in [6, 6.07) is 34.8. The van der Waals surface area contributed by atoms with Gasteiger partial charge in [-0.05, 0) is 102 Å². The van der Waals surface area contributed by atoms with Gasteiger partial charge in [-0.1, -0.05) is 192 Å². The quantitative estimate of drug-likeness (QED) is 0.167. The van der Waals surface area contributed by atoms with E-state index in [1.54, 1.807) is 0 Å². The van der Waals surface area contributed by atoms with Crippen molar-refractivity contribution in [2.75, 3.05) is 0 Å². The molecule has 0 saturated heterocycles. The van der Waals surface area contributed by atoms with Gasteiger partial charge in [0.15, 0.2) is 0 Å². The minimum Gasteiger partial charge on any atom is -0.263 e. The van der Waals surface area contributed by atoms with Crippen molar-refractivity contribution in [1.29, 1.82) is 0 Å². The second-order valence-electron chi connectivity index (χ2n) is 19.5. The molecule has 2 aromatic heterocycles. The third kappa shape index (κ3) is 10.3. The van der Waals surface area contributed by atoms with E-state index in [1.165, 1.54) is 22.3 Å². The van der Waals surface area contributed by atoms with Gasteiger partial charge in [0, 0.05) is 58.2 Å². The van der Waals surface area contributed by atoms with Crippen molar-refractivity contribution in [3.63, 3.8) is 0 Å². The lowest BCUT2D eigenvalue weighted by Crippen LogP contribution is -2.10. The Morgan fingerprint density at radius 2 is 0.483 bits per heavy atom. The maximum Gasteiger partial charge on any atom is 0.0443 e. The molecule has 0 fully saturated rings. The molecule has 0 aliphatic rings. The van der Waals surface area contributed by atoms with E-state index in [0.29, 0.717) is 0 Å². The van der Waals surface area contributed by atoms with Crippen LogP contribution in [0.4, 0.5) is 0 Å². The van der Waals surface area contributed by atoms with Gasteiger partial charge in [-0.2, -0.15) is 0 Å². The summed E-state index contributed by atoms with van der Waals surface area (Å²) in [4.78, 5) is 9.35. The molecule has 0 saturated carbocycles. The first-order chi connectivity index (χ1) is 28.3. The molecule has 0 bridgehead atoms. The van der Waals surface area contributed by atoms with Gasteiger partial charge in [-0.3, -0.25) is 9.97 Å². The smallest absolute Gasteiger partial charge is 0.0443 e. The average Bonchev–Trinajstić information content (AvgIpc) is 3.20. The number of hydrogen-bond donors (Lipinski definition) is 0. The molecule has 0 spiro atoms. The molecular weight excluding hydrogens is 725 g/mol. The lowest BCUT2D eigenvalue weighted by molar-refractivity contribution is 0.590. The highest BCUT2D eigenvalue weighted by Crippen LogP contribution is 2.36. The highest BCUT2D eigenvalue weighted by molar-refractivity contribution is 5.83. The summed E-state index contributed by atoms with van der Waals surface area (Å²) in [6.07, 6.45) is 7.58. The van der Waals surface area contributed by atoms with Gasteiger partial charge < -0.3 is 0 Å². The van der Waals surface area contributed by atoms with Crippen molar-refractivity contribution in [3.05, 3.63) is 155 Å². The number of nitrogens with zero attached hydrogens (tertiary/aromatic N) is 2. The number of benzene rings is 4. The minimum absolute atomic E-state index is 0.0523. The molecule has 0 atom stereocenters. The van der Waals surface area contributed by atoms with E-state index in [1.807, 2.05) is 24.8 Å². The van der Waals surface area contributed by atoms with Crippen molar-refractivity contribution < 1.29 is 0 Å². The Kier molecular flexibility index (Phi) is 12.4. The molecule has 0 unspecified atom stereocenters. The topological polar surface area (TPSA) is 25.8 Å². The Bertz CT molecular complexity index is 2390. The van der Waals surface area contributed by atoms with Crippen LogP contribution >= 0.6 is 0 Å². The maximum atomic E-state index is 4.68. The molecule has 0 amide bonds. The lowest BCUT2D eigenvalue weighted by Gasteiger charge is -2.20. The van der Waals surface area contributed by atoms with E-state index in [0.717, 1.165) is 55.6 Å².